The Balaban J connectivity index is 1.70. The Morgan fingerprint density at radius 3 is 2.35 bits per heavy atom. The predicted molar refractivity (Wildman–Crippen MR) is 108 cm³/mol. The van der Waals surface area contributed by atoms with Gasteiger partial charge in [0.1, 0.15) is 16.5 Å². The van der Waals surface area contributed by atoms with Crippen molar-refractivity contribution in [3.8, 4) is 0 Å². The van der Waals surface area contributed by atoms with Crippen molar-refractivity contribution in [1.29, 1.82) is 0 Å². The first-order valence-electron chi connectivity index (χ1n) is 10.0. The van der Waals surface area contributed by atoms with Crippen molar-refractivity contribution in [1.82, 2.24) is 14.9 Å². The third kappa shape index (κ3) is 3.87. The molecule has 2 aliphatic heterocycles. The number of rotatable bonds is 3. The Hall–Kier alpha value is -1.24. The Morgan fingerprint density at radius 1 is 0.923 bits per heavy atom. The highest BCUT2D eigenvalue weighted by Gasteiger charge is 2.21. The van der Waals surface area contributed by atoms with Gasteiger partial charge in [-0.05, 0) is 32.3 Å². The molecule has 0 unspecified atom stereocenters. The zero-order valence-electron chi connectivity index (χ0n) is 16.1. The minimum Gasteiger partial charge on any atom is -0.379 e. The second kappa shape index (κ2) is 8.19. The second-order valence-corrected chi connectivity index (χ2v) is 8.77. The van der Waals surface area contributed by atoms with E-state index in [2.05, 4.69) is 23.6 Å². The van der Waals surface area contributed by atoms with Gasteiger partial charge in [-0.1, -0.05) is 19.3 Å². The molecule has 0 amide bonds. The molecule has 0 bridgehead atoms. The molecule has 26 heavy (non-hydrogen) atoms. The Bertz CT molecular complexity index is 746. The summed E-state index contributed by atoms with van der Waals surface area (Å²) in [6, 6.07) is 0. The molecule has 0 saturated carbocycles. The molecule has 2 fully saturated rings. The van der Waals surface area contributed by atoms with Crippen LogP contribution in [0.1, 0.15) is 48.4 Å². The molecule has 6 heteroatoms. The molecule has 0 aromatic carbocycles. The van der Waals surface area contributed by atoms with E-state index in [1.165, 1.54) is 53.7 Å². The van der Waals surface area contributed by atoms with E-state index in [4.69, 9.17) is 14.7 Å². The van der Waals surface area contributed by atoms with E-state index in [-0.39, 0.29) is 0 Å². The third-order valence-corrected chi connectivity index (χ3v) is 6.78. The number of ether oxygens (including phenoxy) is 1. The maximum atomic E-state index is 5.48. The first-order valence-corrected chi connectivity index (χ1v) is 10.9. The van der Waals surface area contributed by atoms with Gasteiger partial charge >= 0.3 is 0 Å². The van der Waals surface area contributed by atoms with Gasteiger partial charge in [0.05, 0.1) is 25.1 Å². The Kier molecular flexibility index (Phi) is 5.72. The monoisotopic (exact) mass is 374 g/mol. The summed E-state index contributed by atoms with van der Waals surface area (Å²) in [5.74, 6) is 2.15. The highest BCUT2D eigenvalue weighted by molar-refractivity contribution is 7.18. The summed E-state index contributed by atoms with van der Waals surface area (Å²) in [5.41, 5.74) is 1.36. The van der Waals surface area contributed by atoms with E-state index in [1.807, 2.05) is 11.3 Å². The zero-order chi connectivity index (χ0) is 17.9. The smallest absolute Gasteiger partial charge is 0.146 e. The summed E-state index contributed by atoms with van der Waals surface area (Å²) >= 11 is 1.82. The fourth-order valence-electron chi connectivity index (χ4n) is 3.99. The summed E-state index contributed by atoms with van der Waals surface area (Å²) in [5, 5.41) is 1.29. The van der Waals surface area contributed by atoms with E-state index in [1.54, 1.807) is 0 Å². The molecular formula is C20H30N4OS. The average Bonchev–Trinajstić information content (AvgIpc) is 2.89. The largest absolute Gasteiger partial charge is 0.379 e. The summed E-state index contributed by atoms with van der Waals surface area (Å²) in [6.07, 6.45) is 6.60. The quantitative estimate of drug-likeness (QED) is 0.815. The fraction of sp³-hybridized carbons (Fsp3) is 0.700. The minimum atomic E-state index is 0.818. The number of aryl methyl sites for hydroxylation is 2. The van der Waals surface area contributed by atoms with Crippen LogP contribution in [0.2, 0.25) is 0 Å². The molecule has 5 nitrogen and oxygen atoms in total. The highest BCUT2D eigenvalue weighted by Crippen LogP contribution is 2.35. The maximum absolute atomic E-state index is 5.48. The number of hydrogen-bond acceptors (Lipinski definition) is 6. The lowest BCUT2D eigenvalue weighted by atomic mass is 10.1. The predicted octanol–water partition coefficient (Wildman–Crippen LogP) is 3.91. The third-order valence-electron chi connectivity index (χ3n) is 5.68. The van der Waals surface area contributed by atoms with E-state index < -0.39 is 0 Å². The van der Waals surface area contributed by atoms with Crippen LogP contribution in [0.5, 0.6) is 0 Å². The number of hydrogen-bond donors (Lipinski definition) is 0. The van der Waals surface area contributed by atoms with Crippen LogP contribution in [0.25, 0.3) is 10.2 Å². The van der Waals surface area contributed by atoms with Crippen molar-refractivity contribution in [2.75, 3.05) is 44.3 Å². The van der Waals surface area contributed by atoms with E-state index in [0.717, 1.165) is 56.6 Å². The van der Waals surface area contributed by atoms with Crippen LogP contribution < -0.4 is 4.90 Å². The molecule has 4 rings (SSSR count). The van der Waals surface area contributed by atoms with Crippen molar-refractivity contribution < 1.29 is 4.74 Å². The van der Waals surface area contributed by atoms with Crippen LogP contribution in [0.15, 0.2) is 0 Å². The molecular weight excluding hydrogens is 344 g/mol. The number of nitrogens with zero attached hydrogens (tertiary/aromatic N) is 4. The van der Waals surface area contributed by atoms with Crippen LogP contribution in [0.3, 0.4) is 0 Å². The maximum Gasteiger partial charge on any atom is 0.146 e. The standard InChI is InChI=1S/C20H30N4OS/c1-15-16(2)26-20-18(15)19(24-8-6-4-3-5-7-9-24)21-17(22-20)14-23-10-12-25-13-11-23/h3-14H2,1-2H3. The number of morpholine rings is 1. The van der Waals surface area contributed by atoms with Gasteiger partial charge in [0.15, 0.2) is 0 Å². The fourth-order valence-corrected chi connectivity index (χ4v) is 5.03. The van der Waals surface area contributed by atoms with Crippen LogP contribution in [0, 0.1) is 13.8 Å². The molecule has 0 aliphatic carbocycles. The van der Waals surface area contributed by atoms with Crippen LogP contribution >= 0.6 is 11.3 Å². The van der Waals surface area contributed by atoms with Gasteiger partial charge in [-0.15, -0.1) is 11.3 Å². The molecule has 2 aromatic rings. The lowest BCUT2D eigenvalue weighted by molar-refractivity contribution is 0.0331. The SMILES string of the molecule is Cc1sc2nc(CN3CCOCC3)nc(N3CCCCCCC3)c2c1C. The van der Waals surface area contributed by atoms with Crippen molar-refractivity contribution in [3.05, 3.63) is 16.3 Å². The number of aromatic nitrogens is 2. The molecule has 2 aliphatic rings. The number of thiophene rings is 1. The van der Waals surface area contributed by atoms with Gasteiger partial charge in [0, 0.05) is 31.1 Å². The first-order chi connectivity index (χ1) is 12.7. The second-order valence-electron chi connectivity index (χ2n) is 7.57. The highest BCUT2D eigenvalue weighted by atomic mass is 32.1. The average molecular weight is 375 g/mol. The Morgan fingerprint density at radius 2 is 1.62 bits per heavy atom. The summed E-state index contributed by atoms with van der Waals surface area (Å²) in [4.78, 5) is 17.5. The molecule has 142 valence electrons. The normalized spacial score (nSPS) is 20.3. The lowest BCUT2D eigenvalue weighted by Crippen LogP contribution is -2.36. The van der Waals surface area contributed by atoms with E-state index in [0.29, 0.717) is 0 Å². The van der Waals surface area contributed by atoms with E-state index in [9.17, 15) is 0 Å². The lowest BCUT2D eigenvalue weighted by Gasteiger charge is -2.28. The van der Waals surface area contributed by atoms with E-state index >= 15 is 0 Å². The van der Waals surface area contributed by atoms with Crippen molar-refractivity contribution in [3.63, 3.8) is 0 Å². The van der Waals surface area contributed by atoms with Gasteiger partial charge in [0.25, 0.3) is 0 Å². The van der Waals surface area contributed by atoms with Crippen LogP contribution in [0.4, 0.5) is 5.82 Å². The van der Waals surface area contributed by atoms with Gasteiger partial charge < -0.3 is 9.64 Å². The topological polar surface area (TPSA) is 41.5 Å². The van der Waals surface area contributed by atoms with Crippen molar-refractivity contribution >= 4 is 27.4 Å². The summed E-state index contributed by atoms with van der Waals surface area (Å²) < 4.78 is 5.48. The molecule has 0 atom stereocenters. The van der Waals surface area contributed by atoms with Gasteiger partial charge in [-0.2, -0.15) is 0 Å². The molecule has 0 N–H and O–H groups in total. The molecule has 0 radical (unpaired) electrons. The summed E-state index contributed by atoms with van der Waals surface area (Å²) in [7, 11) is 0. The van der Waals surface area contributed by atoms with Gasteiger partial charge in [0.2, 0.25) is 0 Å². The first kappa shape index (κ1) is 18.1. The molecule has 0 spiro atoms. The molecule has 2 saturated heterocycles. The van der Waals surface area contributed by atoms with Crippen LogP contribution in [-0.2, 0) is 11.3 Å². The minimum absolute atomic E-state index is 0.818. The summed E-state index contributed by atoms with van der Waals surface area (Å²) in [6.45, 7) is 11.1. The van der Waals surface area contributed by atoms with Crippen molar-refractivity contribution in [2.45, 2.75) is 52.5 Å². The Labute approximate surface area is 160 Å². The van der Waals surface area contributed by atoms with Crippen LogP contribution in [-0.4, -0.2) is 54.3 Å². The zero-order valence-corrected chi connectivity index (χ0v) is 16.9. The number of fused-ring (bicyclic) bond motifs is 1. The van der Waals surface area contributed by atoms with Gasteiger partial charge in [-0.3, -0.25) is 4.90 Å². The van der Waals surface area contributed by atoms with Gasteiger partial charge in [-0.25, -0.2) is 9.97 Å². The van der Waals surface area contributed by atoms with Crippen molar-refractivity contribution in [2.24, 2.45) is 0 Å². The number of anilines is 1. The molecule has 2 aromatic heterocycles. The molecule has 4 heterocycles.